The van der Waals surface area contributed by atoms with Crippen LogP contribution in [0.15, 0.2) is 48.6 Å². The molecule has 6 heteroatoms. The zero-order valence-corrected chi connectivity index (χ0v) is 36.3. The predicted molar refractivity (Wildman–Crippen MR) is 236 cm³/mol. The summed E-state index contributed by atoms with van der Waals surface area (Å²) in [4.78, 5) is 26.0. The van der Waals surface area contributed by atoms with Crippen molar-refractivity contribution >= 4 is 11.9 Å². The quantitative estimate of drug-likeness (QED) is 0.0327. The number of hydrogen-bond acceptors (Lipinski definition) is 5. The summed E-state index contributed by atoms with van der Waals surface area (Å²) in [5, 5.41) is 23.6. The fourth-order valence-corrected chi connectivity index (χ4v) is 6.97. The number of esters is 1. The van der Waals surface area contributed by atoms with Crippen LogP contribution in [0.2, 0.25) is 0 Å². The van der Waals surface area contributed by atoms with Crippen LogP contribution in [-0.2, 0) is 14.3 Å². The maximum Gasteiger partial charge on any atom is 0.306 e. The first-order valence-corrected chi connectivity index (χ1v) is 23.4. The number of hydrogen-bond donors (Lipinski definition) is 3. The van der Waals surface area contributed by atoms with Crippen LogP contribution in [0.4, 0.5) is 0 Å². The molecule has 0 heterocycles. The number of carbonyl (C=O) groups is 2. The second-order valence-corrected chi connectivity index (χ2v) is 15.9. The normalized spacial score (nSPS) is 13.8. The van der Waals surface area contributed by atoms with E-state index in [4.69, 9.17) is 4.74 Å². The van der Waals surface area contributed by atoms with E-state index in [9.17, 15) is 19.8 Å². The summed E-state index contributed by atoms with van der Waals surface area (Å²) < 4.78 is 5.89. The average Bonchev–Trinajstić information content (AvgIpc) is 3.18. The highest BCUT2D eigenvalue weighted by molar-refractivity contribution is 5.77. The second kappa shape index (κ2) is 43.0. The minimum atomic E-state index is -0.795. The minimum Gasteiger partial charge on any atom is -0.462 e. The Morgan fingerprint density at radius 2 is 0.982 bits per heavy atom. The molecule has 320 valence electrons. The molecule has 3 atom stereocenters. The van der Waals surface area contributed by atoms with Gasteiger partial charge in [0.05, 0.1) is 25.2 Å². The SMILES string of the molecule is CC/C=C/C=C/C=C/C=C\CCCCCC(CC(=O)NC(CO)C(O)CCCCCCCCCCCCCC)OC(=O)CCCCCCCCCCCCC. The molecule has 0 aromatic rings. The van der Waals surface area contributed by atoms with E-state index in [0.717, 1.165) is 70.6 Å². The lowest BCUT2D eigenvalue weighted by molar-refractivity contribution is -0.151. The summed E-state index contributed by atoms with van der Waals surface area (Å²) in [6.07, 6.45) is 50.2. The van der Waals surface area contributed by atoms with Gasteiger partial charge >= 0.3 is 5.97 Å². The second-order valence-electron chi connectivity index (χ2n) is 15.9. The number of ether oxygens (including phenoxy) is 1. The highest BCUT2D eigenvalue weighted by Gasteiger charge is 2.24. The van der Waals surface area contributed by atoms with Gasteiger partial charge in [0, 0.05) is 6.42 Å². The molecule has 0 spiro atoms. The lowest BCUT2D eigenvalue weighted by Gasteiger charge is -2.24. The third kappa shape index (κ3) is 38.5. The fraction of sp³-hybridized carbons (Fsp3) is 0.796. The molecule has 0 saturated carbocycles. The van der Waals surface area contributed by atoms with Crippen LogP contribution >= 0.6 is 0 Å². The summed E-state index contributed by atoms with van der Waals surface area (Å²) in [6, 6.07) is -0.711. The van der Waals surface area contributed by atoms with E-state index in [-0.39, 0.29) is 24.9 Å². The van der Waals surface area contributed by atoms with Crippen molar-refractivity contribution in [3.05, 3.63) is 48.6 Å². The summed E-state index contributed by atoms with van der Waals surface area (Å²) in [7, 11) is 0. The Hall–Kier alpha value is -2.18. The lowest BCUT2D eigenvalue weighted by Crippen LogP contribution is -2.46. The van der Waals surface area contributed by atoms with Crippen molar-refractivity contribution in [3.8, 4) is 0 Å². The minimum absolute atomic E-state index is 0.0531. The molecule has 0 aromatic heterocycles. The maximum absolute atomic E-state index is 13.1. The van der Waals surface area contributed by atoms with Crippen LogP contribution in [0.5, 0.6) is 0 Å². The smallest absolute Gasteiger partial charge is 0.306 e. The Morgan fingerprint density at radius 3 is 1.49 bits per heavy atom. The number of nitrogens with one attached hydrogen (secondary N) is 1. The van der Waals surface area contributed by atoms with Crippen LogP contribution < -0.4 is 5.32 Å². The van der Waals surface area contributed by atoms with Gasteiger partial charge in [0.1, 0.15) is 6.10 Å². The van der Waals surface area contributed by atoms with Gasteiger partial charge < -0.3 is 20.3 Å². The molecule has 0 bridgehead atoms. The zero-order chi connectivity index (χ0) is 40.3. The van der Waals surface area contributed by atoms with Crippen LogP contribution in [0.3, 0.4) is 0 Å². The van der Waals surface area contributed by atoms with Gasteiger partial charge in [0.25, 0.3) is 0 Å². The molecule has 1 amide bonds. The summed E-state index contributed by atoms with van der Waals surface area (Å²) in [6.45, 7) is 6.31. The molecule has 0 fully saturated rings. The van der Waals surface area contributed by atoms with E-state index in [2.05, 4.69) is 50.4 Å². The maximum atomic E-state index is 13.1. The third-order valence-electron chi connectivity index (χ3n) is 10.5. The first kappa shape index (κ1) is 52.8. The largest absolute Gasteiger partial charge is 0.462 e. The number of rotatable bonds is 41. The van der Waals surface area contributed by atoms with Gasteiger partial charge in [-0.3, -0.25) is 9.59 Å². The van der Waals surface area contributed by atoms with E-state index in [1.165, 1.54) is 109 Å². The average molecular weight is 772 g/mol. The highest BCUT2D eigenvalue weighted by atomic mass is 16.5. The topological polar surface area (TPSA) is 95.9 Å². The fourth-order valence-electron chi connectivity index (χ4n) is 6.97. The third-order valence-corrected chi connectivity index (χ3v) is 10.5. The van der Waals surface area contributed by atoms with E-state index in [1.54, 1.807) is 0 Å². The Morgan fingerprint density at radius 1 is 0.545 bits per heavy atom. The van der Waals surface area contributed by atoms with Gasteiger partial charge in [-0.25, -0.2) is 0 Å². The predicted octanol–water partition coefficient (Wildman–Crippen LogP) is 13.5. The van der Waals surface area contributed by atoms with Crippen LogP contribution in [-0.4, -0.2) is 46.9 Å². The van der Waals surface area contributed by atoms with Crippen molar-refractivity contribution < 1.29 is 24.5 Å². The number of allylic oxidation sites excluding steroid dienone is 8. The molecule has 0 saturated heterocycles. The molecule has 0 aliphatic carbocycles. The van der Waals surface area contributed by atoms with Gasteiger partial charge in [-0.05, 0) is 44.9 Å². The van der Waals surface area contributed by atoms with Gasteiger partial charge in [0.2, 0.25) is 5.91 Å². The van der Waals surface area contributed by atoms with Crippen molar-refractivity contribution in [3.63, 3.8) is 0 Å². The van der Waals surface area contributed by atoms with Gasteiger partial charge in [-0.2, -0.15) is 0 Å². The summed E-state index contributed by atoms with van der Waals surface area (Å²) in [5.41, 5.74) is 0. The van der Waals surface area contributed by atoms with Gasteiger partial charge in [0.15, 0.2) is 0 Å². The molecular weight excluding hydrogens is 683 g/mol. The molecular formula is C49H89NO5. The summed E-state index contributed by atoms with van der Waals surface area (Å²) >= 11 is 0. The van der Waals surface area contributed by atoms with Crippen LogP contribution in [0, 0.1) is 0 Å². The molecule has 0 radical (unpaired) electrons. The Balaban J connectivity index is 4.65. The van der Waals surface area contributed by atoms with Crippen LogP contribution in [0.25, 0.3) is 0 Å². The molecule has 3 unspecified atom stereocenters. The number of amides is 1. The van der Waals surface area contributed by atoms with Gasteiger partial charge in [-0.1, -0.05) is 217 Å². The molecule has 6 nitrogen and oxygen atoms in total. The standard InChI is InChI=1S/C49H89NO5/c1-4-7-10-13-16-19-22-24-26-28-31-34-37-40-45(55-49(54)42-39-36-33-30-25-21-18-15-12-9-6-3)43-48(53)50-46(44-51)47(52)41-38-35-32-29-27-23-20-17-14-11-8-5-2/h7,10,13,16,19,22,24,26,45-47,51-52H,4-6,8-9,11-12,14-15,17-18,20-21,23,25,27-44H2,1-3H3,(H,50,53)/b10-7+,16-13+,22-19+,26-24-. The number of unbranched alkanes of at least 4 members (excludes halogenated alkanes) is 24. The Kier molecular flexibility index (Phi) is 41.2. The van der Waals surface area contributed by atoms with Crippen molar-refractivity contribution in [2.45, 2.75) is 244 Å². The van der Waals surface area contributed by atoms with Crippen molar-refractivity contribution in [1.29, 1.82) is 0 Å². The van der Waals surface area contributed by atoms with E-state index in [1.807, 2.05) is 24.3 Å². The lowest BCUT2D eigenvalue weighted by atomic mass is 10.0. The van der Waals surface area contributed by atoms with Crippen molar-refractivity contribution in [1.82, 2.24) is 5.32 Å². The number of aliphatic hydroxyl groups is 2. The van der Waals surface area contributed by atoms with E-state index < -0.39 is 18.2 Å². The van der Waals surface area contributed by atoms with Crippen LogP contribution in [0.1, 0.15) is 226 Å². The molecule has 3 N–H and O–H groups in total. The molecule has 0 aliphatic rings. The first-order chi connectivity index (χ1) is 27.0. The number of aliphatic hydroxyl groups excluding tert-OH is 2. The van der Waals surface area contributed by atoms with Crippen molar-refractivity contribution in [2.75, 3.05) is 6.61 Å². The monoisotopic (exact) mass is 772 g/mol. The zero-order valence-electron chi connectivity index (χ0n) is 36.3. The highest BCUT2D eigenvalue weighted by Crippen LogP contribution is 2.17. The van der Waals surface area contributed by atoms with Crippen molar-refractivity contribution in [2.24, 2.45) is 0 Å². The first-order valence-electron chi connectivity index (χ1n) is 23.4. The molecule has 0 rings (SSSR count). The Bertz CT molecular complexity index is 957. The molecule has 0 aromatic carbocycles. The summed E-state index contributed by atoms with van der Waals surface area (Å²) in [5.74, 6) is -0.511. The van der Waals surface area contributed by atoms with Gasteiger partial charge in [-0.15, -0.1) is 0 Å². The Labute approximate surface area is 340 Å². The molecule has 55 heavy (non-hydrogen) atoms. The van der Waals surface area contributed by atoms with E-state index in [0.29, 0.717) is 19.3 Å². The molecule has 0 aliphatic heterocycles. The van der Waals surface area contributed by atoms with E-state index >= 15 is 0 Å². The number of carbonyl (C=O) groups excluding carboxylic acids is 2.